The van der Waals surface area contributed by atoms with Crippen molar-refractivity contribution in [2.45, 2.75) is 52.1 Å². The average molecular weight is 556 g/mol. The number of rotatable bonds is 10. The standard InChI is InChI=1S/C29H34ClN3O4S/c1-6-31-29(35)23(5)32(18-24-10-8-7-9-21(24)3)28(34)19-33(25-14-13-22(4)27(30)17-25)38(36,37)26-15-11-20(2)12-16-26/h7-17,23H,6,18-19H2,1-5H3,(H,31,35)/t23-/m1/s1. The molecule has 1 N–H and O–H groups in total. The summed E-state index contributed by atoms with van der Waals surface area (Å²) in [6, 6.07) is 18.1. The van der Waals surface area contributed by atoms with Crippen LogP contribution in [-0.4, -0.2) is 44.3 Å². The lowest BCUT2D eigenvalue weighted by atomic mass is 10.1. The van der Waals surface area contributed by atoms with Gasteiger partial charge in [0.2, 0.25) is 11.8 Å². The van der Waals surface area contributed by atoms with Crippen molar-refractivity contribution < 1.29 is 18.0 Å². The Kier molecular flexibility index (Phi) is 9.57. The van der Waals surface area contributed by atoms with E-state index in [0.717, 1.165) is 26.6 Å². The Hall–Kier alpha value is -3.36. The number of nitrogens with one attached hydrogen (secondary N) is 1. The molecule has 0 bridgehead atoms. The Balaban J connectivity index is 2.07. The van der Waals surface area contributed by atoms with Crippen LogP contribution >= 0.6 is 11.6 Å². The molecule has 9 heteroatoms. The maximum atomic E-state index is 13.9. The molecule has 0 heterocycles. The van der Waals surface area contributed by atoms with Crippen LogP contribution in [-0.2, 0) is 26.2 Å². The van der Waals surface area contributed by atoms with Gasteiger partial charge in [-0.1, -0.05) is 59.6 Å². The molecule has 0 aliphatic carbocycles. The van der Waals surface area contributed by atoms with Crippen LogP contribution in [0.4, 0.5) is 5.69 Å². The quantitative estimate of drug-likeness (QED) is 0.381. The molecule has 0 fully saturated rings. The molecule has 0 aliphatic rings. The van der Waals surface area contributed by atoms with Gasteiger partial charge in [-0.25, -0.2) is 8.42 Å². The highest BCUT2D eigenvalue weighted by Gasteiger charge is 2.32. The summed E-state index contributed by atoms with van der Waals surface area (Å²) in [5.74, 6) is -0.833. The predicted molar refractivity (Wildman–Crippen MR) is 152 cm³/mol. The van der Waals surface area contributed by atoms with Gasteiger partial charge in [-0.3, -0.25) is 13.9 Å². The molecule has 0 saturated heterocycles. The smallest absolute Gasteiger partial charge is 0.264 e. The van der Waals surface area contributed by atoms with E-state index in [1.165, 1.54) is 23.1 Å². The van der Waals surface area contributed by atoms with Gasteiger partial charge >= 0.3 is 0 Å². The highest BCUT2D eigenvalue weighted by Crippen LogP contribution is 2.29. The van der Waals surface area contributed by atoms with Crippen molar-refractivity contribution in [1.29, 1.82) is 0 Å². The van der Waals surface area contributed by atoms with Crippen LogP contribution in [0, 0.1) is 20.8 Å². The molecule has 1 atom stereocenters. The van der Waals surface area contributed by atoms with E-state index < -0.39 is 28.5 Å². The lowest BCUT2D eigenvalue weighted by Gasteiger charge is -2.32. The Morgan fingerprint density at radius 2 is 1.61 bits per heavy atom. The minimum absolute atomic E-state index is 0.0508. The van der Waals surface area contributed by atoms with Gasteiger partial charge < -0.3 is 10.2 Å². The van der Waals surface area contributed by atoms with Gasteiger partial charge in [0.05, 0.1) is 10.6 Å². The SMILES string of the molecule is CCNC(=O)[C@@H](C)N(Cc1ccccc1C)C(=O)CN(c1ccc(C)c(Cl)c1)S(=O)(=O)c1ccc(C)cc1. The molecule has 0 spiro atoms. The molecule has 0 radical (unpaired) electrons. The van der Waals surface area contributed by atoms with Crippen LogP contribution in [0.3, 0.4) is 0 Å². The van der Waals surface area contributed by atoms with Crippen molar-refractivity contribution in [3.63, 3.8) is 0 Å². The molecule has 3 aromatic rings. The largest absolute Gasteiger partial charge is 0.355 e. The molecule has 0 saturated carbocycles. The second kappa shape index (κ2) is 12.5. The number of carbonyl (C=O) groups is 2. The second-order valence-corrected chi connectivity index (χ2v) is 11.5. The van der Waals surface area contributed by atoms with Gasteiger partial charge in [-0.05, 0) is 75.6 Å². The van der Waals surface area contributed by atoms with E-state index in [1.54, 1.807) is 38.1 Å². The predicted octanol–water partition coefficient (Wildman–Crippen LogP) is 5.01. The van der Waals surface area contributed by atoms with Crippen molar-refractivity contribution in [2.75, 3.05) is 17.4 Å². The lowest BCUT2D eigenvalue weighted by Crippen LogP contribution is -2.51. The van der Waals surface area contributed by atoms with Crippen LogP contribution < -0.4 is 9.62 Å². The molecule has 3 rings (SSSR count). The minimum Gasteiger partial charge on any atom is -0.355 e. The molecule has 0 aromatic heterocycles. The zero-order valence-electron chi connectivity index (χ0n) is 22.4. The molecule has 7 nitrogen and oxygen atoms in total. The third-order valence-corrected chi connectivity index (χ3v) is 8.65. The van der Waals surface area contributed by atoms with E-state index in [0.29, 0.717) is 11.6 Å². The fourth-order valence-electron chi connectivity index (χ4n) is 3.98. The number of halogens is 1. The van der Waals surface area contributed by atoms with Gasteiger partial charge in [0.1, 0.15) is 12.6 Å². The number of hydrogen-bond acceptors (Lipinski definition) is 4. The van der Waals surface area contributed by atoms with Crippen LogP contribution in [0.15, 0.2) is 71.6 Å². The second-order valence-electron chi connectivity index (χ2n) is 9.28. The van der Waals surface area contributed by atoms with Gasteiger partial charge in [0.25, 0.3) is 10.0 Å². The minimum atomic E-state index is -4.14. The van der Waals surface area contributed by atoms with Gasteiger partial charge in [-0.15, -0.1) is 0 Å². The van der Waals surface area contributed by atoms with Crippen molar-refractivity contribution in [1.82, 2.24) is 10.2 Å². The number of carbonyl (C=O) groups excluding carboxylic acids is 2. The van der Waals surface area contributed by atoms with E-state index in [9.17, 15) is 18.0 Å². The van der Waals surface area contributed by atoms with E-state index in [4.69, 9.17) is 11.6 Å². The van der Waals surface area contributed by atoms with E-state index in [2.05, 4.69) is 5.32 Å². The number of anilines is 1. The van der Waals surface area contributed by atoms with E-state index >= 15 is 0 Å². The number of hydrogen-bond donors (Lipinski definition) is 1. The Bertz CT molecular complexity index is 1410. The summed E-state index contributed by atoms with van der Waals surface area (Å²) in [5.41, 5.74) is 3.77. The highest BCUT2D eigenvalue weighted by molar-refractivity contribution is 7.92. The maximum absolute atomic E-state index is 13.9. The first-order valence-corrected chi connectivity index (χ1v) is 14.2. The number of amides is 2. The zero-order chi connectivity index (χ0) is 28.0. The van der Waals surface area contributed by atoms with Gasteiger partial charge in [-0.2, -0.15) is 0 Å². The van der Waals surface area contributed by atoms with E-state index in [-0.39, 0.29) is 23.0 Å². The molecule has 0 unspecified atom stereocenters. The monoisotopic (exact) mass is 555 g/mol. The summed E-state index contributed by atoms with van der Waals surface area (Å²) in [4.78, 5) is 28.1. The molecular formula is C29H34ClN3O4S. The summed E-state index contributed by atoms with van der Waals surface area (Å²) in [7, 11) is -4.14. The molecular weight excluding hydrogens is 522 g/mol. The van der Waals surface area contributed by atoms with Crippen LogP contribution in [0.2, 0.25) is 5.02 Å². The van der Waals surface area contributed by atoms with Crippen LogP contribution in [0.1, 0.15) is 36.1 Å². The number of nitrogens with zero attached hydrogens (tertiary/aromatic N) is 2. The summed E-state index contributed by atoms with van der Waals surface area (Å²) >= 11 is 6.36. The fraction of sp³-hybridized carbons (Fsp3) is 0.310. The Morgan fingerprint density at radius 1 is 0.947 bits per heavy atom. The summed E-state index contributed by atoms with van der Waals surface area (Å²) in [5, 5.41) is 3.14. The van der Waals surface area contributed by atoms with Gasteiger partial charge in [0.15, 0.2) is 0 Å². The van der Waals surface area contributed by atoms with Crippen LogP contribution in [0.25, 0.3) is 0 Å². The van der Waals surface area contributed by atoms with Crippen molar-refractivity contribution >= 4 is 39.1 Å². The van der Waals surface area contributed by atoms with Crippen molar-refractivity contribution in [3.8, 4) is 0 Å². The summed E-state index contributed by atoms with van der Waals surface area (Å²) < 4.78 is 28.8. The third kappa shape index (κ3) is 6.74. The first kappa shape index (κ1) is 29.2. The number of likely N-dealkylation sites (N-methyl/N-ethyl adjacent to an activating group) is 1. The average Bonchev–Trinajstić information content (AvgIpc) is 2.88. The molecule has 2 amide bonds. The molecule has 38 heavy (non-hydrogen) atoms. The first-order chi connectivity index (χ1) is 17.9. The fourth-order valence-corrected chi connectivity index (χ4v) is 5.56. The third-order valence-electron chi connectivity index (χ3n) is 6.45. The summed E-state index contributed by atoms with van der Waals surface area (Å²) in [6.45, 7) is 9.10. The Labute approximate surface area is 230 Å². The summed E-state index contributed by atoms with van der Waals surface area (Å²) in [6.07, 6.45) is 0. The number of aryl methyl sites for hydroxylation is 3. The first-order valence-electron chi connectivity index (χ1n) is 12.4. The zero-order valence-corrected chi connectivity index (χ0v) is 23.9. The van der Waals surface area contributed by atoms with Crippen LogP contribution in [0.5, 0.6) is 0 Å². The lowest BCUT2D eigenvalue weighted by molar-refractivity contribution is -0.139. The highest BCUT2D eigenvalue weighted by atomic mass is 35.5. The molecule has 0 aliphatic heterocycles. The van der Waals surface area contributed by atoms with Gasteiger partial charge in [0, 0.05) is 18.1 Å². The Morgan fingerprint density at radius 3 is 2.21 bits per heavy atom. The molecule has 3 aromatic carbocycles. The normalized spacial score (nSPS) is 12.1. The maximum Gasteiger partial charge on any atom is 0.264 e. The van der Waals surface area contributed by atoms with Crippen molar-refractivity contribution in [3.05, 3.63) is 94.0 Å². The van der Waals surface area contributed by atoms with E-state index in [1.807, 2.05) is 45.0 Å². The topological polar surface area (TPSA) is 86.8 Å². The molecule has 202 valence electrons. The van der Waals surface area contributed by atoms with Crippen molar-refractivity contribution in [2.24, 2.45) is 0 Å². The number of sulfonamides is 1. The number of benzene rings is 3.